The summed E-state index contributed by atoms with van der Waals surface area (Å²) >= 11 is 4.67. The zero-order chi connectivity index (χ0) is 12.8. The van der Waals surface area contributed by atoms with Crippen LogP contribution in [0.5, 0.6) is 0 Å². The lowest BCUT2D eigenvalue weighted by Gasteiger charge is -2.42. The first-order valence-corrected chi connectivity index (χ1v) is 8.74. The fraction of sp³-hybridized carbons (Fsp3) is 1.00. The number of likely N-dealkylation sites (tertiary alicyclic amines) is 1. The van der Waals surface area contributed by atoms with Gasteiger partial charge in [0.05, 0.1) is 0 Å². The van der Waals surface area contributed by atoms with Crippen LogP contribution < -0.4 is 0 Å². The Hall–Kier alpha value is 0.310. The van der Waals surface area contributed by atoms with Crippen LogP contribution in [0.4, 0.5) is 0 Å². The highest BCUT2D eigenvalue weighted by molar-refractivity contribution is 7.80. The molecule has 1 saturated carbocycles. The van der Waals surface area contributed by atoms with E-state index < -0.39 is 0 Å². The zero-order valence-electron chi connectivity index (χ0n) is 12.2. The van der Waals surface area contributed by atoms with Gasteiger partial charge in [0.2, 0.25) is 0 Å². The fourth-order valence-corrected chi connectivity index (χ4v) is 4.40. The molecule has 0 unspecified atom stereocenters. The molecule has 1 aliphatic carbocycles. The monoisotopic (exact) mass is 269 g/mol. The third-order valence-electron chi connectivity index (χ3n) is 5.21. The standard InChI is InChI=1S/C16H31NS/c1-2-6-15-7-11-17(12-8-15)13-16(14-18)9-4-3-5-10-16/h15,18H,2-14H2,1H3. The summed E-state index contributed by atoms with van der Waals surface area (Å²) in [4.78, 5) is 2.74. The van der Waals surface area contributed by atoms with Gasteiger partial charge in [-0.3, -0.25) is 0 Å². The van der Waals surface area contributed by atoms with Crippen LogP contribution in [0.2, 0.25) is 0 Å². The predicted octanol–water partition coefficient (Wildman–Crippen LogP) is 4.38. The first-order chi connectivity index (χ1) is 8.78. The Morgan fingerprint density at radius 3 is 2.33 bits per heavy atom. The lowest BCUT2D eigenvalue weighted by atomic mass is 9.74. The van der Waals surface area contributed by atoms with Crippen molar-refractivity contribution in [2.45, 2.75) is 64.7 Å². The van der Waals surface area contributed by atoms with Gasteiger partial charge in [-0.05, 0) is 55.9 Å². The summed E-state index contributed by atoms with van der Waals surface area (Å²) < 4.78 is 0. The molecule has 0 aromatic rings. The maximum absolute atomic E-state index is 4.67. The molecule has 1 aliphatic heterocycles. The molecule has 0 aromatic carbocycles. The van der Waals surface area contributed by atoms with Gasteiger partial charge >= 0.3 is 0 Å². The summed E-state index contributed by atoms with van der Waals surface area (Å²) in [5, 5.41) is 0. The van der Waals surface area contributed by atoms with E-state index in [4.69, 9.17) is 0 Å². The van der Waals surface area contributed by atoms with Gasteiger partial charge in [-0.1, -0.05) is 39.0 Å². The SMILES string of the molecule is CCCC1CCN(CC2(CS)CCCCC2)CC1. The van der Waals surface area contributed by atoms with Crippen LogP contribution in [0.15, 0.2) is 0 Å². The summed E-state index contributed by atoms with van der Waals surface area (Å²) in [6, 6.07) is 0. The molecule has 106 valence electrons. The maximum Gasteiger partial charge on any atom is 0.00458 e. The average Bonchev–Trinajstić information content (AvgIpc) is 2.42. The molecule has 0 spiro atoms. The Labute approximate surface area is 119 Å². The number of piperidine rings is 1. The Morgan fingerprint density at radius 2 is 1.78 bits per heavy atom. The molecular formula is C16H31NS. The van der Waals surface area contributed by atoms with Gasteiger partial charge in [0.15, 0.2) is 0 Å². The summed E-state index contributed by atoms with van der Waals surface area (Å²) in [5.74, 6) is 2.12. The van der Waals surface area contributed by atoms with Gasteiger partial charge in [-0.25, -0.2) is 0 Å². The Bertz CT molecular complexity index is 227. The molecule has 18 heavy (non-hydrogen) atoms. The van der Waals surface area contributed by atoms with Gasteiger partial charge in [-0.2, -0.15) is 12.6 Å². The highest BCUT2D eigenvalue weighted by Gasteiger charge is 2.33. The molecule has 2 fully saturated rings. The molecule has 0 amide bonds. The third kappa shape index (κ3) is 3.90. The average molecular weight is 269 g/mol. The molecule has 0 bridgehead atoms. The summed E-state index contributed by atoms with van der Waals surface area (Å²) in [7, 11) is 0. The second-order valence-electron chi connectivity index (χ2n) is 6.73. The summed E-state index contributed by atoms with van der Waals surface area (Å²) in [5.41, 5.74) is 0.555. The smallest absolute Gasteiger partial charge is 0.00458 e. The van der Waals surface area contributed by atoms with Crippen molar-refractivity contribution in [1.29, 1.82) is 0 Å². The predicted molar refractivity (Wildman–Crippen MR) is 83.4 cm³/mol. The quantitative estimate of drug-likeness (QED) is 0.725. The summed E-state index contributed by atoms with van der Waals surface area (Å²) in [6.07, 6.45) is 12.9. The van der Waals surface area contributed by atoms with E-state index in [-0.39, 0.29) is 0 Å². The van der Waals surface area contributed by atoms with Crippen molar-refractivity contribution < 1.29 is 0 Å². The van der Waals surface area contributed by atoms with Gasteiger partial charge in [0, 0.05) is 6.54 Å². The van der Waals surface area contributed by atoms with Crippen molar-refractivity contribution in [3.63, 3.8) is 0 Å². The number of thiol groups is 1. The Morgan fingerprint density at radius 1 is 1.11 bits per heavy atom. The molecular weight excluding hydrogens is 238 g/mol. The van der Waals surface area contributed by atoms with E-state index in [1.165, 1.54) is 77.4 Å². The first kappa shape index (κ1) is 14.7. The van der Waals surface area contributed by atoms with E-state index in [0.29, 0.717) is 5.41 Å². The maximum atomic E-state index is 4.67. The van der Waals surface area contributed by atoms with Gasteiger partial charge < -0.3 is 4.90 Å². The van der Waals surface area contributed by atoms with Crippen LogP contribution in [0.25, 0.3) is 0 Å². The number of hydrogen-bond acceptors (Lipinski definition) is 2. The lowest BCUT2D eigenvalue weighted by Crippen LogP contribution is -2.44. The molecule has 1 heterocycles. The van der Waals surface area contributed by atoms with E-state index in [9.17, 15) is 0 Å². The second-order valence-corrected chi connectivity index (χ2v) is 7.04. The van der Waals surface area contributed by atoms with Gasteiger partial charge in [0.1, 0.15) is 0 Å². The van der Waals surface area contributed by atoms with Crippen LogP contribution in [0.1, 0.15) is 64.7 Å². The molecule has 2 heteroatoms. The minimum atomic E-state index is 0.555. The Balaban J connectivity index is 1.79. The minimum absolute atomic E-state index is 0.555. The van der Waals surface area contributed by atoms with E-state index in [0.717, 1.165) is 11.7 Å². The van der Waals surface area contributed by atoms with E-state index >= 15 is 0 Å². The van der Waals surface area contributed by atoms with E-state index in [2.05, 4.69) is 24.5 Å². The highest BCUT2D eigenvalue weighted by Crippen LogP contribution is 2.38. The normalized spacial score (nSPS) is 26.3. The fourth-order valence-electron chi connectivity index (χ4n) is 3.98. The van der Waals surface area contributed by atoms with Crippen LogP contribution in [-0.4, -0.2) is 30.3 Å². The molecule has 1 nitrogen and oxygen atoms in total. The number of rotatable bonds is 5. The first-order valence-electron chi connectivity index (χ1n) is 8.11. The van der Waals surface area contributed by atoms with Crippen molar-refractivity contribution >= 4 is 12.6 Å². The van der Waals surface area contributed by atoms with Crippen molar-refractivity contribution in [2.75, 3.05) is 25.4 Å². The molecule has 0 aromatic heterocycles. The number of hydrogen-bond donors (Lipinski definition) is 1. The van der Waals surface area contributed by atoms with Crippen LogP contribution >= 0.6 is 12.6 Å². The molecule has 1 saturated heterocycles. The molecule has 0 atom stereocenters. The molecule has 2 aliphatic rings. The summed E-state index contributed by atoms with van der Waals surface area (Å²) in [6.45, 7) is 6.35. The van der Waals surface area contributed by atoms with Crippen molar-refractivity contribution in [1.82, 2.24) is 4.90 Å². The van der Waals surface area contributed by atoms with Crippen LogP contribution in [-0.2, 0) is 0 Å². The zero-order valence-corrected chi connectivity index (χ0v) is 13.1. The molecule has 0 N–H and O–H groups in total. The largest absolute Gasteiger partial charge is 0.303 e. The highest BCUT2D eigenvalue weighted by atomic mass is 32.1. The van der Waals surface area contributed by atoms with E-state index in [1.54, 1.807) is 0 Å². The molecule has 2 rings (SSSR count). The van der Waals surface area contributed by atoms with Gasteiger partial charge in [0.25, 0.3) is 0 Å². The van der Waals surface area contributed by atoms with Gasteiger partial charge in [-0.15, -0.1) is 0 Å². The third-order valence-corrected chi connectivity index (χ3v) is 5.88. The van der Waals surface area contributed by atoms with Crippen LogP contribution in [0.3, 0.4) is 0 Å². The van der Waals surface area contributed by atoms with E-state index in [1.807, 2.05) is 0 Å². The second kappa shape index (κ2) is 7.19. The Kier molecular flexibility index (Phi) is 5.88. The van der Waals surface area contributed by atoms with Crippen molar-refractivity contribution in [3.8, 4) is 0 Å². The number of nitrogens with zero attached hydrogens (tertiary/aromatic N) is 1. The topological polar surface area (TPSA) is 3.24 Å². The minimum Gasteiger partial charge on any atom is -0.303 e. The van der Waals surface area contributed by atoms with Crippen molar-refractivity contribution in [3.05, 3.63) is 0 Å². The lowest BCUT2D eigenvalue weighted by molar-refractivity contribution is 0.0934. The molecule has 0 radical (unpaired) electrons. The van der Waals surface area contributed by atoms with Crippen LogP contribution in [0, 0.1) is 11.3 Å². The van der Waals surface area contributed by atoms with Crippen molar-refractivity contribution in [2.24, 2.45) is 11.3 Å².